The lowest BCUT2D eigenvalue weighted by Crippen LogP contribution is -2.52. The Bertz CT molecular complexity index is 1250. The summed E-state index contributed by atoms with van der Waals surface area (Å²) in [6.07, 6.45) is 2.51. The Balaban J connectivity index is 1.41. The van der Waals surface area contributed by atoms with Crippen LogP contribution in [-0.4, -0.2) is 29.4 Å². The van der Waals surface area contributed by atoms with Crippen LogP contribution in [0.25, 0.3) is 0 Å². The highest BCUT2D eigenvalue weighted by molar-refractivity contribution is 6.35. The van der Waals surface area contributed by atoms with Gasteiger partial charge in [0.25, 0.3) is 5.91 Å². The first-order valence-corrected chi connectivity index (χ1v) is 13.5. The number of nitrogens with one attached hydrogen (secondary N) is 1. The maximum atomic E-state index is 13.7. The van der Waals surface area contributed by atoms with Crippen LogP contribution in [0.5, 0.6) is 0 Å². The summed E-state index contributed by atoms with van der Waals surface area (Å²) < 4.78 is 0. The zero-order valence-electron chi connectivity index (χ0n) is 20.6. The molecule has 1 saturated heterocycles. The quantitative estimate of drug-likeness (QED) is 0.268. The molecule has 1 aliphatic heterocycles. The van der Waals surface area contributed by atoms with E-state index < -0.39 is 0 Å². The lowest BCUT2D eigenvalue weighted by molar-refractivity contribution is 0.0573. The number of rotatable bonds is 7. The summed E-state index contributed by atoms with van der Waals surface area (Å²) in [5.74, 6) is -0.0218. The molecule has 2 unspecified atom stereocenters. The molecule has 0 spiro atoms. The van der Waals surface area contributed by atoms with Crippen molar-refractivity contribution in [1.82, 2.24) is 10.2 Å². The van der Waals surface area contributed by atoms with Crippen molar-refractivity contribution in [3.63, 3.8) is 0 Å². The van der Waals surface area contributed by atoms with Gasteiger partial charge in [0.1, 0.15) is 0 Å². The number of likely N-dealkylation sites (tertiary alicyclic amines) is 1. The third kappa shape index (κ3) is 6.42. The van der Waals surface area contributed by atoms with Crippen molar-refractivity contribution in [2.75, 3.05) is 6.54 Å². The predicted molar refractivity (Wildman–Crippen MR) is 152 cm³/mol. The molecule has 1 aliphatic rings. The average molecular weight is 530 g/mol. The molecular formula is C32H30Cl2N2O. The minimum absolute atomic E-state index is 0.0218. The lowest BCUT2D eigenvalue weighted by Gasteiger charge is -2.41. The number of benzene rings is 4. The van der Waals surface area contributed by atoms with Crippen LogP contribution in [0.4, 0.5) is 0 Å². The van der Waals surface area contributed by atoms with Crippen LogP contribution in [-0.2, 0) is 6.42 Å². The molecule has 4 aromatic rings. The molecule has 1 heterocycles. The summed E-state index contributed by atoms with van der Waals surface area (Å²) in [4.78, 5) is 15.7. The number of piperidine rings is 1. The van der Waals surface area contributed by atoms with E-state index in [1.807, 2.05) is 23.1 Å². The van der Waals surface area contributed by atoms with E-state index in [-0.39, 0.29) is 24.0 Å². The Morgan fingerprint density at radius 2 is 1.35 bits per heavy atom. The van der Waals surface area contributed by atoms with Gasteiger partial charge in [0.2, 0.25) is 0 Å². The molecule has 1 amide bonds. The monoisotopic (exact) mass is 528 g/mol. The minimum atomic E-state index is -0.0218. The smallest absolute Gasteiger partial charge is 0.254 e. The molecule has 37 heavy (non-hydrogen) atoms. The number of nitrogens with zero attached hydrogens (tertiary/aromatic N) is 1. The van der Waals surface area contributed by atoms with Gasteiger partial charge in [-0.15, -0.1) is 0 Å². The van der Waals surface area contributed by atoms with E-state index in [9.17, 15) is 4.79 Å². The number of hydrogen-bond acceptors (Lipinski definition) is 2. The zero-order chi connectivity index (χ0) is 25.6. The Hall–Kier alpha value is -3.11. The molecule has 1 N–H and O–H groups in total. The van der Waals surface area contributed by atoms with Crippen LogP contribution in [0, 0.1) is 0 Å². The zero-order valence-corrected chi connectivity index (χ0v) is 22.1. The standard InChI is InChI=1S/C32H30Cl2N2O/c33-27-19-26(20-28(34)21-27)32(37)36-17-16-29(22-30(36)18-23-10-4-1-5-11-23)35-31(24-12-6-2-7-13-24)25-14-8-3-9-15-25/h1-15,19-21,29-31,35H,16-18,22H2. The average Bonchev–Trinajstić information content (AvgIpc) is 2.92. The van der Waals surface area contributed by atoms with Crippen molar-refractivity contribution in [2.45, 2.75) is 37.4 Å². The molecule has 2 atom stereocenters. The number of carbonyl (C=O) groups is 1. The molecule has 0 radical (unpaired) electrons. The number of amides is 1. The van der Waals surface area contributed by atoms with E-state index in [2.05, 4.69) is 78.1 Å². The van der Waals surface area contributed by atoms with Crippen LogP contribution >= 0.6 is 23.2 Å². The van der Waals surface area contributed by atoms with E-state index in [0.717, 1.165) is 19.3 Å². The number of carbonyl (C=O) groups excluding carboxylic acids is 1. The van der Waals surface area contributed by atoms with Crippen LogP contribution < -0.4 is 5.32 Å². The third-order valence-corrected chi connectivity index (χ3v) is 7.50. The Morgan fingerprint density at radius 3 is 1.92 bits per heavy atom. The second-order valence-corrected chi connectivity index (χ2v) is 10.5. The first kappa shape index (κ1) is 25.5. The SMILES string of the molecule is O=C(c1cc(Cl)cc(Cl)c1)N1CCC(NC(c2ccccc2)c2ccccc2)CC1Cc1ccccc1. The van der Waals surface area contributed by atoms with Crippen LogP contribution in [0.1, 0.15) is 45.9 Å². The molecule has 0 bridgehead atoms. The second kappa shape index (κ2) is 12.0. The molecule has 3 nitrogen and oxygen atoms in total. The minimum Gasteiger partial charge on any atom is -0.335 e. The van der Waals surface area contributed by atoms with Crippen LogP contribution in [0.15, 0.2) is 109 Å². The normalized spacial score (nSPS) is 17.6. The van der Waals surface area contributed by atoms with Gasteiger partial charge in [0, 0.05) is 34.2 Å². The van der Waals surface area contributed by atoms with Gasteiger partial charge in [-0.2, -0.15) is 0 Å². The number of hydrogen-bond donors (Lipinski definition) is 1. The fraction of sp³-hybridized carbons (Fsp3) is 0.219. The third-order valence-electron chi connectivity index (χ3n) is 7.07. The fourth-order valence-electron chi connectivity index (χ4n) is 5.30. The van der Waals surface area contributed by atoms with Crippen molar-refractivity contribution >= 4 is 29.1 Å². The highest BCUT2D eigenvalue weighted by atomic mass is 35.5. The maximum absolute atomic E-state index is 13.7. The lowest BCUT2D eigenvalue weighted by atomic mass is 9.89. The van der Waals surface area contributed by atoms with E-state index in [0.29, 0.717) is 22.2 Å². The molecule has 188 valence electrons. The Kier molecular flexibility index (Phi) is 8.25. The van der Waals surface area contributed by atoms with E-state index in [4.69, 9.17) is 23.2 Å². The van der Waals surface area contributed by atoms with Crippen molar-refractivity contribution < 1.29 is 4.79 Å². The van der Waals surface area contributed by atoms with Gasteiger partial charge in [0.15, 0.2) is 0 Å². The molecule has 5 rings (SSSR count). The van der Waals surface area contributed by atoms with Gasteiger partial charge in [-0.3, -0.25) is 4.79 Å². The van der Waals surface area contributed by atoms with E-state index >= 15 is 0 Å². The van der Waals surface area contributed by atoms with Gasteiger partial charge in [-0.05, 0) is 54.2 Å². The van der Waals surface area contributed by atoms with Crippen LogP contribution in [0.2, 0.25) is 10.0 Å². The first-order valence-electron chi connectivity index (χ1n) is 12.7. The summed E-state index contributed by atoms with van der Waals surface area (Å²) in [5, 5.41) is 4.89. The van der Waals surface area contributed by atoms with Crippen molar-refractivity contribution in [3.05, 3.63) is 141 Å². The highest BCUT2D eigenvalue weighted by Gasteiger charge is 2.33. The van der Waals surface area contributed by atoms with Gasteiger partial charge in [-0.25, -0.2) is 0 Å². The summed E-state index contributed by atoms with van der Waals surface area (Å²) in [6.45, 7) is 0.661. The predicted octanol–water partition coefficient (Wildman–Crippen LogP) is 7.59. The Labute approximate surface area is 229 Å². The van der Waals surface area contributed by atoms with Gasteiger partial charge < -0.3 is 10.2 Å². The second-order valence-electron chi connectivity index (χ2n) is 9.64. The van der Waals surface area contributed by atoms with Crippen molar-refractivity contribution in [2.24, 2.45) is 0 Å². The molecule has 0 aromatic heterocycles. The fourth-order valence-corrected chi connectivity index (χ4v) is 5.83. The van der Waals surface area contributed by atoms with Gasteiger partial charge in [-0.1, -0.05) is 114 Å². The molecule has 0 aliphatic carbocycles. The maximum Gasteiger partial charge on any atom is 0.254 e. The summed E-state index contributed by atoms with van der Waals surface area (Å²) >= 11 is 12.5. The molecule has 1 fully saturated rings. The first-order chi connectivity index (χ1) is 18.1. The van der Waals surface area contributed by atoms with Crippen molar-refractivity contribution in [1.29, 1.82) is 0 Å². The topological polar surface area (TPSA) is 32.3 Å². The van der Waals surface area contributed by atoms with Gasteiger partial charge in [0.05, 0.1) is 6.04 Å². The summed E-state index contributed by atoms with van der Waals surface area (Å²) in [7, 11) is 0. The van der Waals surface area contributed by atoms with Crippen LogP contribution in [0.3, 0.4) is 0 Å². The van der Waals surface area contributed by atoms with Gasteiger partial charge >= 0.3 is 0 Å². The summed E-state index contributed by atoms with van der Waals surface area (Å²) in [5.41, 5.74) is 4.23. The van der Waals surface area contributed by atoms with Crippen molar-refractivity contribution in [3.8, 4) is 0 Å². The van der Waals surface area contributed by atoms with E-state index in [1.54, 1.807) is 18.2 Å². The Morgan fingerprint density at radius 1 is 0.811 bits per heavy atom. The molecule has 4 aromatic carbocycles. The molecular weight excluding hydrogens is 499 g/mol. The summed E-state index contributed by atoms with van der Waals surface area (Å²) in [6, 6.07) is 37.0. The molecule has 5 heteroatoms. The number of halogens is 2. The largest absolute Gasteiger partial charge is 0.335 e. The highest BCUT2D eigenvalue weighted by Crippen LogP contribution is 2.29. The molecule has 0 saturated carbocycles. The van der Waals surface area contributed by atoms with E-state index in [1.165, 1.54) is 16.7 Å².